The smallest absolute Gasteiger partial charge is 0.162 e. The first-order valence-corrected chi connectivity index (χ1v) is 9.45. The Bertz CT molecular complexity index is 900. The Morgan fingerprint density at radius 2 is 1.36 bits per heavy atom. The van der Waals surface area contributed by atoms with Crippen LogP contribution in [0.15, 0.2) is 84.4 Å². The Morgan fingerprint density at radius 3 is 1.89 bits per heavy atom. The largest absolute Gasteiger partial charge is 0.485 e. The third-order valence-corrected chi connectivity index (χ3v) is 4.50. The number of hydrogen-bond acceptors (Lipinski definition) is 3. The molecule has 0 fully saturated rings. The summed E-state index contributed by atoms with van der Waals surface area (Å²) in [6, 6.07) is 26.0. The Morgan fingerprint density at radius 1 is 0.821 bits per heavy atom. The van der Waals surface area contributed by atoms with E-state index in [9.17, 15) is 5.11 Å². The Hall–Kier alpha value is -3.04. The van der Waals surface area contributed by atoms with E-state index in [1.165, 1.54) is 0 Å². The van der Waals surface area contributed by atoms with Crippen molar-refractivity contribution in [1.82, 2.24) is 0 Å². The molecule has 0 bridgehead atoms. The van der Waals surface area contributed by atoms with E-state index < -0.39 is 6.10 Å². The van der Waals surface area contributed by atoms with Gasteiger partial charge in [-0.2, -0.15) is 0 Å². The van der Waals surface area contributed by atoms with Crippen LogP contribution in [0.2, 0.25) is 0 Å². The molecular weight excluding hydrogens is 348 g/mol. The van der Waals surface area contributed by atoms with Crippen LogP contribution in [0.3, 0.4) is 0 Å². The molecule has 0 unspecified atom stereocenters. The molecule has 3 aromatic carbocycles. The van der Waals surface area contributed by atoms with Crippen molar-refractivity contribution in [2.75, 3.05) is 0 Å². The van der Waals surface area contributed by atoms with E-state index >= 15 is 0 Å². The van der Waals surface area contributed by atoms with Crippen LogP contribution < -0.4 is 9.47 Å². The summed E-state index contributed by atoms with van der Waals surface area (Å²) in [7, 11) is 0. The van der Waals surface area contributed by atoms with Crippen molar-refractivity contribution in [3.8, 4) is 11.5 Å². The quantitative estimate of drug-likeness (QED) is 0.555. The summed E-state index contributed by atoms with van der Waals surface area (Å²) in [5, 5.41) is 9.74. The van der Waals surface area contributed by atoms with Crippen LogP contribution >= 0.6 is 0 Å². The van der Waals surface area contributed by atoms with Crippen molar-refractivity contribution in [2.24, 2.45) is 0 Å². The van der Waals surface area contributed by atoms with Gasteiger partial charge in [-0.05, 0) is 48.2 Å². The molecule has 0 amide bonds. The van der Waals surface area contributed by atoms with Gasteiger partial charge in [-0.1, -0.05) is 72.8 Å². The molecule has 0 aliphatic heterocycles. The molecule has 0 aliphatic carbocycles. The van der Waals surface area contributed by atoms with Gasteiger partial charge in [-0.3, -0.25) is 0 Å². The molecule has 3 nitrogen and oxygen atoms in total. The highest BCUT2D eigenvalue weighted by Crippen LogP contribution is 2.31. The fraction of sp³-hybridized carbons (Fsp3) is 0.200. The van der Waals surface area contributed by atoms with Crippen LogP contribution in [0.25, 0.3) is 6.08 Å². The lowest BCUT2D eigenvalue weighted by molar-refractivity contribution is 0.232. The predicted molar refractivity (Wildman–Crippen MR) is 113 cm³/mol. The van der Waals surface area contributed by atoms with Crippen molar-refractivity contribution >= 4 is 6.08 Å². The fourth-order valence-corrected chi connectivity index (χ4v) is 2.70. The van der Waals surface area contributed by atoms with Crippen molar-refractivity contribution in [2.45, 2.75) is 33.2 Å². The average Bonchev–Trinajstić information content (AvgIpc) is 2.73. The van der Waals surface area contributed by atoms with Crippen molar-refractivity contribution in [3.05, 3.63) is 101 Å². The molecule has 0 saturated carbocycles. The molecule has 3 heteroatoms. The third-order valence-electron chi connectivity index (χ3n) is 4.50. The number of benzene rings is 3. The normalized spacial score (nSPS) is 12.5. The lowest BCUT2D eigenvalue weighted by atomic mass is 10.1. The number of aliphatic hydroxyl groups is 1. The van der Waals surface area contributed by atoms with Gasteiger partial charge in [-0.25, -0.2) is 0 Å². The molecule has 0 radical (unpaired) electrons. The van der Waals surface area contributed by atoms with Crippen LogP contribution in [0.4, 0.5) is 0 Å². The SMILES string of the molecule is C/C(=C\c1ccc(OCc2ccccc2)c(OCc2ccccc2)c1)[C@H](C)O. The molecule has 3 aromatic rings. The van der Waals surface area contributed by atoms with E-state index in [2.05, 4.69) is 0 Å². The summed E-state index contributed by atoms with van der Waals surface area (Å²) >= 11 is 0. The molecule has 1 atom stereocenters. The Balaban J connectivity index is 1.81. The van der Waals surface area contributed by atoms with E-state index in [4.69, 9.17) is 9.47 Å². The Labute approximate surface area is 166 Å². The molecule has 0 spiro atoms. The first kappa shape index (κ1) is 19.7. The Kier molecular flexibility index (Phi) is 6.88. The zero-order chi connectivity index (χ0) is 19.8. The number of rotatable bonds is 8. The summed E-state index contributed by atoms with van der Waals surface area (Å²) in [6.07, 6.45) is 1.48. The highest BCUT2D eigenvalue weighted by Gasteiger charge is 2.08. The minimum absolute atomic E-state index is 0.463. The number of hydrogen-bond donors (Lipinski definition) is 1. The van der Waals surface area contributed by atoms with Gasteiger partial charge < -0.3 is 14.6 Å². The van der Waals surface area contributed by atoms with Crippen LogP contribution in [0.1, 0.15) is 30.5 Å². The standard InChI is InChI=1S/C25H26O3/c1-19(20(2)26)15-23-13-14-24(27-17-21-9-5-3-6-10-21)25(16-23)28-18-22-11-7-4-8-12-22/h3-16,20,26H,17-18H2,1-2H3/b19-15+/t20-/m0/s1. The molecule has 0 heterocycles. The topological polar surface area (TPSA) is 38.7 Å². The molecule has 0 aromatic heterocycles. The number of aliphatic hydroxyl groups excluding tert-OH is 1. The molecule has 28 heavy (non-hydrogen) atoms. The van der Waals surface area contributed by atoms with Crippen LogP contribution in [-0.2, 0) is 13.2 Å². The monoisotopic (exact) mass is 374 g/mol. The van der Waals surface area contributed by atoms with Crippen molar-refractivity contribution in [1.29, 1.82) is 0 Å². The van der Waals surface area contributed by atoms with E-state index in [0.717, 1.165) is 22.3 Å². The van der Waals surface area contributed by atoms with Crippen LogP contribution in [0, 0.1) is 0 Å². The zero-order valence-electron chi connectivity index (χ0n) is 16.3. The molecule has 3 rings (SSSR count). The highest BCUT2D eigenvalue weighted by molar-refractivity contribution is 5.58. The lowest BCUT2D eigenvalue weighted by Gasteiger charge is -2.14. The predicted octanol–water partition coefficient (Wildman–Crippen LogP) is 5.63. The zero-order valence-corrected chi connectivity index (χ0v) is 16.3. The van der Waals surface area contributed by atoms with Gasteiger partial charge in [0.25, 0.3) is 0 Å². The van der Waals surface area contributed by atoms with Gasteiger partial charge >= 0.3 is 0 Å². The van der Waals surface area contributed by atoms with Gasteiger partial charge in [0.1, 0.15) is 13.2 Å². The molecule has 1 N–H and O–H groups in total. The van der Waals surface area contributed by atoms with Gasteiger partial charge in [0, 0.05) is 0 Å². The van der Waals surface area contributed by atoms with Crippen LogP contribution in [0.5, 0.6) is 11.5 Å². The van der Waals surface area contributed by atoms with E-state index in [1.54, 1.807) is 6.92 Å². The van der Waals surface area contributed by atoms with Gasteiger partial charge in [0.2, 0.25) is 0 Å². The fourth-order valence-electron chi connectivity index (χ4n) is 2.70. The van der Waals surface area contributed by atoms with E-state index in [-0.39, 0.29) is 0 Å². The number of ether oxygens (including phenoxy) is 2. The summed E-state index contributed by atoms with van der Waals surface area (Å²) in [6.45, 7) is 4.61. The first-order valence-electron chi connectivity index (χ1n) is 9.45. The lowest BCUT2D eigenvalue weighted by Crippen LogP contribution is -2.02. The second-order valence-corrected chi connectivity index (χ2v) is 6.82. The van der Waals surface area contributed by atoms with Gasteiger partial charge in [0.05, 0.1) is 6.10 Å². The van der Waals surface area contributed by atoms with Crippen molar-refractivity contribution in [3.63, 3.8) is 0 Å². The van der Waals surface area contributed by atoms with E-state index in [0.29, 0.717) is 24.7 Å². The summed E-state index contributed by atoms with van der Waals surface area (Å²) in [5.41, 5.74) is 4.06. The first-order chi connectivity index (χ1) is 13.6. The van der Waals surface area contributed by atoms with E-state index in [1.807, 2.05) is 91.9 Å². The summed E-state index contributed by atoms with van der Waals surface area (Å²) in [5.74, 6) is 1.39. The minimum atomic E-state index is -0.484. The molecular formula is C25H26O3. The molecule has 144 valence electrons. The second kappa shape index (κ2) is 9.77. The average molecular weight is 374 g/mol. The highest BCUT2D eigenvalue weighted by atomic mass is 16.5. The molecule has 0 aliphatic rings. The van der Waals surface area contributed by atoms with Gasteiger partial charge in [0.15, 0.2) is 11.5 Å². The maximum Gasteiger partial charge on any atom is 0.162 e. The third kappa shape index (κ3) is 5.73. The minimum Gasteiger partial charge on any atom is -0.485 e. The second-order valence-electron chi connectivity index (χ2n) is 6.82. The summed E-state index contributed by atoms with van der Waals surface area (Å²) < 4.78 is 12.1. The van der Waals surface area contributed by atoms with Crippen LogP contribution in [-0.4, -0.2) is 11.2 Å². The van der Waals surface area contributed by atoms with Crippen molar-refractivity contribution < 1.29 is 14.6 Å². The maximum atomic E-state index is 9.74. The summed E-state index contributed by atoms with van der Waals surface area (Å²) in [4.78, 5) is 0. The van der Waals surface area contributed by atoms with Gasteiger partial charge in [-0.15, -0.1) is 0 Å². The molecule has 0 saturated heterocycles. The maximum absolute atomic E-state index is 9.74.